The number of anilines is 1. The number of nitro groups is 1. The lowest BCUT2D eigenvalue weighted by molar-refractivity contribution is -0.383. The van der Waals surface area contributed by atoms with Crippen LogP contribution in [0.1, 0.15) is 13.3 Å². The predicted molar refractivity (Wildman–Crippen MR) is 77.9 cm³/mol. The van der Waals surface area contributed by atoms with Crippen LogP contribution >= 0.6 is 0 Å². The number of fused-ring (bicyclic) bond motifs is 1. The molecule has 0 saturated carbocycles. The fourth-order valence-electron chi connectivity index (χ4n) is 2.67. The molecule has 3 rings (SSSR count). The van der Waals surface area contributed by atoms with Gasteiger partial charge < -0.3 is 10.6 Å². The van der Waals surface area contributed by atoms with E-state index in [1.165, 1.54) is 6.07 Å². The number of nitrogens with one attached hydrogen (secondary N) is 2. The highest BCUT2D eigenvalue weighted by Gasteiger charge is 2.29. The molecule has 1 atom stereocenters. The Hall–Kier alpha value is -2.21. The molecular weight excluding hydrogens is 256 g/mol. The number of benzene rings is 1. The van der Waals surface area contributed by atoms with Crippen LogP contribution in [0.15, 0.2) is 30.5 Å². The van der Waals surface area contributed by atoms with Gasteiger partial charge in [-0.2, -0.15) is 0 Å². The molecule has 0 spiro atoms. The zero-order valence-corrected chi connectivity index (χ0v) is 11.2. The molecule has 1 aliphatic rings. The average molecular weight is 272 g/mol. The molecule has 1 fully saturated rings. The lowest BCUT2D eigenvalue weighted by Gasteiger charge is -2.26. The van der Waals surface area contributed by atoms with Gasteiger partial charge >= 0.3 is 0 Å². The third kappa shape index (κ3) is 2.18. The van der Waals surface area contributed by atoms with Crippen molar-refractivity contribution in [2.75, 3.05) is 18.4 Å². The number of nitro benzene ring substituents is 1. The quantitative estimate of drug-likeness (QED) is 0.662. The third-order valence-electron chi connectivity index (χ3n) is 3.75. The Morgan fingerprint density at radius 3 is 3.00 bits per heavy atom. The SMILES string of the molecule is CC1(Nc2ccc([N+](=O)[O-])c3cccnc23)CCNC1. The Labute approximate surface area is 116 Å². The van der Waals surface area contributed by atoms with E-state index in [9.17, 15) is 10.1 Å². The van der Waals surface area contributed by atoms with Crippen molar-refractivity contribution in [3.05, 3.63) is 40.6 Å². The zero-order valence-electron chi connectivity index (χ0n) is 11.2. The summed E-state index contributed by atoms with van der Waals surface area (Å²) in [5.41, 5.74) is 1.54. The summed E-state index contributed by atoms with van der Waals surface area (Å²) < 4.78 is 0. The van der Waals surface area contributed by atoms with Crippen LogP contribution in [0.2, 0.25) is 0 Å². The van der Waals surface area contributed by atoms with E-state index in [4.69, 9.17) is 0 Å². The van der Waals surface area contributed by atoms with Crippen LogP contribution in [0, 0.1) is 10.1 Å². The van der Waals surface area contributed by atoms with E-state index in [1.54, 1.807) is 24.4 Å². The Morgan fingerprint density at radius 2 is 2.30 bits per heavy atom. The van der Waals surface area contributed by atoms with E-state index in [2.05, 4.69) is 22.5 Å². The molecule has 6 heteroatoms. The van der Waals surface area contributed by atoms with Gasteiger partial charge in [0.05, 0.1) is 16.0 Å². The summed E-state index contributed by atoms with van der Waals surface area (Å²) in [4.78, 5) is 15.0. The Morgan fingerprint density at radius 1 is 1.45 bits per heavy atom. The average Bonchev–Trinajstić information content (AvgIpc) is 2.85. The second-order valence-corrected chi connectivity index (χ2v) is 5.40. The first-order valence-corrected chi connectivity index (χ1v) is 6.60. The van der Waals surface area contributed by atoms with Gasteiger partial charge in [-0.05, 0) is 38.1 Å². The summed E-state index contributed by atoms with van der Waals surface area (Å²) in [6.45, 7) is 3.99. The molecule has 1 aromatic carbocycles. The minimum absolute atomic E-state index is 0.0411. The van der Waals surface area contributed by atoms with Gasteiger partial charge in [-0.3, -0.25) is 15.1 Å². The molecule has 2 N–H and O–H groups in total. The molecule has 0 aliphatic carbocycles. The highest BCUT2D eigenvalue weighted by molar-refractivity contribution is 5.96. The smallest absolute Gasteiger partial charge is 0.278 e. The molecule has 1 saturated heterocycles. The van der Waals surface area contributed by atoms with Crippen LogP contribution < -0.4 is 10.6 Å². The van der Waals surface area contributed by atoms with Gasteiger partial charge in [-0.1, -0.05) is 0 Å². The number of aromatic nitrogens is 1. The first-order chi connectivity index (χ1) is 9.59. The summed E-state index contributed by atoms with van der Waals surface area (Å²) in [7, 11) is 0. The highest BCUT2D eigenvalue weighted by atomic mass is 16.6. The second-order valence-electron chi connectivity index (χ2n) is 5.40. The summed E-state index contributed by atoms with van der Waals surface area (Å²) in [6, 6.07) is 6.74. The Kier molecular flexibility index (Phi) is 3.02. The van der Waals surface area contributed by atoms with Crippen molar-refractivity contribution in [1.82, 2.24) is 10.3 Å². The van der Waals surface area contributed by atoms with E-state index in [0.29, 0.717) is 10.9 Å². The number of rotatable bonds is 3. The van der Waals surface area contributed by atoms with E-state index >= 15 is 0 Å². The minimum atomic E-state index is -0.368. The summed E-state index contributed by atoms with van der Waals surface area (Å²) in [5, 5.41) is 18.4. The molecule has 104 valence electrons. The van der Waals surface area contributed by atoms with Gasteiger partial charge in [0.25, 0.3) is 5.69 Å². The maximum absolute atomic E-state index is 11.1. The van der Waals surface area contributed by atoms with E-state index in [1.807, 2.05) is 0 Å². The maximum atomic E-state index is 11.1. The van der Waals surface area contributed by atoms with E-state index in [-0.39, 0.29) is 16.1 Å². The molecule has 6 nitrogen and oxygen atoms in total. The maximum Gasteiger partial charge on any atom is 0.278 e. The normalized spacial score (nSPS) is 22.1. The Bertz CT molecular complexity index is 665. The van der Waals surface area contributed by atoms with Gasteiger partial charge in [0.15, 0.2) is 0 Å². The summed E-state index contributed by atoms with van der Waals surface area (Å²) in [5.74, 6) is 0. The van der Waals surface area contributed by atoms with Crippen molar-refractivity contribution in [3.8, 4) is 0 Å². The van der Waals surface area contributed by atoms with Crippen LogP contribution in [-0.4, -0.2) is 28.5 Å². The third-order valence-corrected chi connectivity index (χ3v) is 3.75. The van der Waals surface area contributed by atoms with Crippen molar-refractivity contribution in [2.24, 2.45) is 0 Å². The van der Waals surface area contributed by atoms with Gasteiger partial charge in [0, 0.05) is 24.3 Å². The largest absolute Gasteiger partial charge is 0.377 e. The number of hydrogen-bond acceptors (Lipinski definition) is 5. The molecule has 0 bridgehead atoms. The second kappa shape index (κ2) is 4.72. The van der Waals surface area contributed by atoms with Crippen LogP contribution in [0.25, 0.3) is 10.9 Å². The van der Waals surface area contributed by atoms with Crippen molar-refractivity contribution >= 4 is 22.3 Å². The number of nitrogens with zero attached hydrogens (tertiary/aromatic N) is 2. The zero-order chi connectivity index (χ0) is 14.2. The molecule has 0 amide bonds. The first kappa shape index (κ1) is 12.8. The molecule has 1 aromatic heterocycles. The summed E-state index contributed by atoms with van der Waals surface area (Å²) in [6.07, 6.45) is 2.67. The van der Waals surface area contributed by atoms with Gasteiger partial charge in [-0.25, -0.2) is 0 Å². The fraction of sp³-hybridized carbons (Fsp3) is 0.357. The summed E-state index contributed by atoms with van der Waals surface area (Å²) >= 11 is 0. The van der Waals surface area contributed by atoms with Gasteiger partial charge in [0.1, 0.15) is 5.52 Å². The molecule has 1 unspecified atom stereocenters. The van der Waals surface area contributed by atoms with Crippen molar-refractivity contribution in [2.45, 2.75) is 18.9 Å². The van der Waals surface area contributed by atoms with Crippen molar-refractivity contribution in [1.29, 1.82) is 0 Å². The molecule has 1 aliphatic heterocycles. The van der Waals surface area contributed by atoms with Crippen LogP contribution in [0.5, 0.6) is 0 Å². The lowest BCUT2D eigenvalue weighted by Crippen LogP contribution is -2.36. The number of hydrogen-bond donors (Lipinski definition) is 2. The Balaban J connectivity index is 2.08. The standard InChI is InChI=1S/C14H16N4O2/c1-14(6-8-15-9-14)17-11-4-5-12(18(19)20)10-3-2-7-16-13(10)11/h2-5,7,15,17H,6,8-9H2,1H3. The van der Waals surface area contributed by atoms with Gasteiger partial charge in [0.2, 0.25) is 0 Å². The number of non-ortho nitro benzene ring substituents is 1. The van der Waals surface area contributed by atoms with Crippen LogP contribution in [0.4, 0.5) is 11.4 Å². The van der Waals surface area contributed by atoms with E-state index in [0.717, 1.165) is 25.2 Å². The topological polar surface area (TPSA) is 80.1 Å². The fourth-order valence-corrected chi connectivity index (χ4v) is 2.67. The van der Waals surface area contributed by atoms with Crippen LogP contribution in [0.3, 0.4) is 0 Å². The molecule has 2 heterocycles. The minimum Gasteiger partial charge on any atom is -0.377 e. The molecule has 2 aromatic rings. The molecule has 0 radical (unpaired) electrons. The molecular formula is C14H16N4O2. The monoisotopic (exact) mass is 272 g/mol. The lowest BCUT2D eigenvalue weighted by atomic mass is 10.0. The first-order valence-electron chi connectivity index (χ1n) is 6.60. The molecule has 20 heavy (non-hydrogen) atoms. The van der Waals surface area contributed by atoms with Gasteiger partial charge in [-0.15, -0.1) is 0 Å². The van der Waals surface area contributed by atoms with Crippen molar-refractivity contribution < 1.29 is 4.92 Å². The van der Waals surface area contributed by atoms with E-state index < -0.39 is 0 Å². The van der Waals surface area contributed by atoms with Crippen molar-refractivity contribution in [3.63, 3.8) is 0 Å². The number of pyridine rings is 1. The predicted octanol–water partition coefficient (Wildman–Crippen LogP) is 2.31. The van der Waals surface area contributed by atoms with Crippen LogP contribution in [-0.2, 0) is 0 Å². The highest BCUT2D eigenvalue weighted by Crippen LogP contribution is 2.32.